The van der Waals surface area contributed by atoms with Crippen LogP contribution in [0.2, 0.25) is 0 Å². The second-order valence-electron chi connectivity index (χ2n) is 8.73. The van der Waals surface area contributed by atoms with Crippen LogP contribution in [0, 0.1) is 17.3 Å². The van der Waals surface area contributed by atoms with Gasteiger partial charge in [-0.3, -0.25) is 9.59 Å². The lowest BCUT2D eigenvalue weighted by atomic mass is 9.51. The largest absolute Gasteiger partial charge is 0.362 e. The third-order valence-electron chi connectivity index (χ3n) is 6.91. The van der Waals surface area contributed by atoms with Crippen LogP contribution in [-0.2, 0) is 4.79 Å². The normalized spacial score (nSPS) is 38.7. The van der Waals surface area contributed by atoms with Crippen molar-refractivity contribution < 1.29 is 9.59 Å². The second-order valence-corrected chi connectivity index (χ2v) is 8.73. The maximum atomic E-state index is 12.8. The summed E-state index contributed by atoms with van der Waals surface area (Å²) in [6.45, 7) is 2.23. The molecule has 4 fully saturated rings. The van der Waals surface area contributed by atoms with Crippen LogP contribution in [0.5, 0.6) is 0 Å². The maximum Gasteiger partial charge on any atom is 0.255 e. The van der Waals surface area contributed by atoms with Crippen molar-refractivity contribution in [2.45, 2.75) is 57.2 Å². The van der Waals surface area contributed by atoms with Gasteiger partial charge in [-0.2, -0.15) is 0 Å². The Morgan fingerprint density at radius 2 is 2.00 bits per heavy atom. The molecule has 5 aliphatic rings. The highest BCUT2D eigenvalue weighted by molar-refractivity contribution is 6.02. The Balaban J connectivity index is 1.44. The van der Waals surface area contributed by atoms with E-state index in [2.05, 4.69) is 22.9 Å². The fourth-order valence-corrected chi connectivity index (χ4v) is 5.38. The van der Waals surface area contributed by atoms with Crippen LogP contribution in [-0.4, -0.2) is 23.5 Å². The molecular weight excluding hydrogens is 314 g/mol. The van der Waals surface area contributed by atoms with E-state index in [1.54, 1.807) is 0 Å². The molecule has 5 nitrogen and oxygen atoms in total. The predicted octanol–water partition coefficient (Wildman–Crippen LogP) is 2.64. The van der Waals surface area contributed by atoms with Crippen LogP contribution in [0.1, 0.15) is 55.8 Å². The van der Waals surface area contributed by atoms with E-state index < -0.39 is 5.66 Å². The molecule has 2 bridgehead atoms. The molecule has 1 heterocycles. The molecule has 4 aliphatic carbocycles. The van der Waals surface area contributed by atoms with Crippen molar-refractivity contribution in [1.29, 1.82) is 0 Å². The van der Waals surface area contributed by atoms with Crippen LogP contribution in [0.4, 0.5) is 5.69 Å². The summed E-state index contributed by atoms with van der Waals surface area (Å²) in [6.07, 6.45) is 6.02. The van der Waals surface area contributed by atoms with Crippen molar-refractivity contribution >= 4 is 17.5 Å². The van der Waals surface area contributed by atoms with E-state index in [1.807, 2.05) is 24.3 Å². The molecule has 1 aliphatic heterocycles. The first kappa shape index (κ1) is 15.2. The molecule has 1 spiro atoms. The number of hydrogen-bond acceptors (Lipinski definition) is 3. The number of nitrogens with one attached hydrogen (secondary N) is 3. The van der Waals surface area contributed by atoms with Gasteiger partial charge < -0.3 is 16.0 Å². The van der Waals surface area contributed by atoms with Crippen molar-refractivity contribution in [2.75, 3.05) is 5.32 Å². The number of carbonyl (C=O) groups excluding carboxylic acids is 2. The van der Waals surface area contributed by atoms with Crippen LogP contribution in [0.25, 0.3) is 0 Å². The number of amides is 2. The molecule has 5 heteroatoms. The summed E-state index contributed by atoms with van der Waals surface area (Å²) in [5.74, 6) is 0.589. The number of hydrogen-bond donors (Lipinski definition) is 3. The minimum absolute atomic E-state index is 0.00415. The Morgan fingerprint density at radius 3 is 2.76 bits per heavy atom. The van der Waals surface area contributed by atoms with Gasteiger partial charge in [0.05, 0.1) is 5.56 Å². The fourth-order valence-electron chi connectivity index (χ4n) is 5.38. The van der Waals surface area contributed by atoms with E-state index in [0.29, 0.717) is 17.5 Å². The number of rotatable bonds is 2. The van der Waals surface area contributed by atoms with E-state index in [1.165, 1.54) is 0 Å². The molecule has 4 saturated carbocycles. The SMILES string of the molecule is C[C@@]12CC[C@@H](C[C@@H]1C(=O)NC1CC1)[C@]1(C2)NC(=O)c2ccccc2N1. The highest BCUT2D eigenvalue weighted by atomic mass is 16.2. The lowest BCUT2D eigenvalue weighted by Crippen LogP contribution is -2.70. The maximum absolute atomic E-state index is 12.8. The molecule has 3 N–H and O–H groups in total. The van der Waals surface area contributed by atoms with E-state index in [-0.39, 0.29) is 23.1 Å². The van der Waals surface area contributed by atoms with Crippen LogP contribution in [0.15, 0.2) is 24.3 Å². The zero-order chi connectivity index (χ0) is 17.2. The van der Waals surface area contributed by atoms with Crippen molar-refractivity contribution in [1.82, 2.24) is 10.6 Å². The van der Waals surface area contributed by atoms with Gasteiger partial charge in [0.1, 0.15) is 5.66 Å². The number of anilines is 1. The first-order valence-corrected chi connectivity index (χ1v) is 9.49. The molecule has 6 rings (SSSR count). The van der Waals surface area contributed by atoms with E-state index in [9.17, 15) is 9.59 Å². The highest BCUT2D eigenvalue weighted by Crippen LogP contribution is 2.58. The van der Waals surface area contributed by atoms with Gasteiger partial charge in [0.2, 0.25) is 5.91 Å². The highest BCUT2D eigenvalue weighted by Gasteiger charge is 2.60. The second kappa shape index (κ2) is 4.99. The summed E-state index contributed by atoms with van der Waals surface area (Å²) in [4.78, 5) is 25.4. The quantitative estimate of drug-likeness (QED) is 0.776. The van der Waals surface area contributed by atoms with Gasteiger partial charge in [-0.1, -0.05) is 19.1 Å². The van der Waals surface area contributed by atoms with Crippen LogP contribution in [0.3, 0.4) is 0 Å². The Kier molecular flexibility index (Phi) is 3.04. The Bertz CT molecular complexity index is 759. The topological polar surface area (TPSA) is 70.2 Å². The summed E-state index contributed by atoms with van der Waals surface area (Å²) < 4.78 is 0. The summed E-state index contributed by atoms with van der Waals surface area (Å²) in [6, 6.07) is 8.11. The molecule has 25 heavy (non-hydrogen) atoms. The average molecular weight is 339 g/mol. The zero-order valence-corrected chi connectivity index (χ0v) is 14.6. The summed E-state index contributed by atoms with van der Waals surface area (Å²) in [5, 5.41) is 10.1. The first-order chi connectivity index (χ1) is 12.0. The third kappa shape index (κ3) is 2.28. The van der Waals surface area contributed by atoms with Crippen molar-refractivity contribution in [2.24, 2.45) is 17.3 Å². The number of carbonyl (C=O) groups is 2. The standard InChI is InChI=1S/C20H25N3O2/c1-19-9-8-12(10-15(19)18(25)21-13-6-7-13)20(11-19)22-16-5-3-2-4-14(16)17(24)23-20/h2-5,12-13,15,22H,6-11H2,1H3,(H,21,25)(H,23,24)/t12-,15+,19-,20-/m0/s1. The molecule has 2 amide bonds. The molecule has 0 aromatic heterocycles. The van der Waals surface area contributed by atoms with Gasteiger partial charge in [0, 0.05) is 23.6 Å². The van der Waals surface area contributed by atoms with Gasteiger partial charge in [-0.15, -0.1) is 0 Å². The lowest BCUT2D eigenvalue weighted by molar-refractivity contribution is -0.139. The smallest absolute Gasteiger partial charge is 0.255 e. The first-order valence-electron chi connectivity index (χ1n) is 9.49. The van der Waals surface area contributed by atoms with E-state index in [0.717, 1.165) is 44.2 Å². The van der Waals surface area contributed by atoms with Gasteiger partial charge in [0.15, 0.2) is 0 Å². The number of para-hydroxylation sites is 1. The molecule has 1 aromatic rings. The minimum atomic E-state index is -0.408. The van der Waals surface area contributed by atoms with Gasteiger partial charge in [-0.05, 0) is 56.1 Å². The van der Waals surface area contributed by atoms with E-state index in [4.69, 9.17) is 0 Å². The van der Waals surface area contributed by atoms with Crippen molar-refractivity contribution in [3.63, 3.8) is 0 Å². The zero-order valence-electron chi connectivity index (χ0n) is 14.6. The monoisotopic (exact) mass is 339 g/mol. The molecule has 0 radical (unpaired) electrons. The predicted molar refractivity (Wildman–Crippen MR) is 95.0 cm³/mol. The summed E-state index contributed by atoms with van der Waals surface area (Å²) in [5.41, 5.74) is 1.15. The van der Waals surface area contributed by atoms with Gasteiger partial charge in [0.25, 0.3) is 5.91 Å². The minimum Gasteiger partial charge on any atom is -0.362 e. The van der Waals surface area contributed by atoms with Crippen LogP contribution >= 0.6 is 0 Å². The Morgan fingerprint density at radius 1 is 1.20 bits per heavy atom. The lowest BCUT2D eigenvalue weighted by Gasteiger charge is -2.60. The number of fused-ring (bicyclic) bond motifs is 3. The molecular formula is C20H25N3O2. The summed E-state index contributed by atoms with van der Waals surface area (Å²) >= 11 is 0. The molecule has 4 atom stereocenters. The average Bonchev–Trinajstić information content (AvgIpc) is 3.38. The summed E-state index contributed by atoms with van der Waals surface area (Å²) in [7, 11) is 0. The van der Waals surface area contributed by atoms with Crippen LogP contribution < -0.4 is 16.0 Å². The van der Waals surface area contributed by atoms with E-state index >= 15 is 0 Å². The van der Waals surface area contributed by atoms with Gasteiger partial charge in [-0.25, -0.2) is 0 Å². The fraction of sp³-hybridized carbons (Fsp3) is 0.600. The van der Waals surface area contributed by atoms with Crippen molar-refractivity contribution in [3.05, 3.63) is 29.8 Å². The van der Waals surface area contributed by atoms with Gasteiger partial charge >= 0.3 is 0 Å². The van der Waals surface area contributed by atoms with Crippen molar-refractivity contribution in [3.8, 4) is 0 Å². The Hall–Kier alpha value is -2.04. The Labute approximate surface area is 147 Å². The molecule has 1 aromatic carbocycles. The number of benzene rings is 1. The molecule has 0 saturated heterocycles. The molecule has 132 valence electrons. The third-order valence-corrected chi connectivity index (χ3v) is 6.91. The molecule has 0 unspecified atom stereocenters.